The third-order valence-electron chi connectivity index (χ3n) is 5.87. The monoisotopic (exact) mass is 442 g/mol. The maximum Gasteiger partial charge on any atom is 0.407 e. The van der Waals surface area contributed by atoms with E-state index in [1.165, 1.54) is 4.90 Å². The highest BCUT2D eigenvalue weighted by atomic mass is 16.5. The number of ether oxygens (including phenoxy) is 3. The molecule has 0 unspecified atom stereocenters. The summed E-state index contributed by atoms with van der Waals surface area (Å²) in [6.07, 6.45) is 0.921. The Balaban J connectivity index is 1.53. The van der Waals surface area contributed by atoms with Crippen molar-refractivity contribution in [3.05, 3.63) is 42.0 Å². The number of carbonyl (C=O) groups excluding carboxylic acids is 1. The Bertz CT molecular complexity index is 961. The van der Waals surface area contributed by atoms with E-state index in [4.69, 9.17) is 14.2 Å². The average molecular weight is 443 g/mol. The summed E-state index contributed by atoms with van der Waals surface area (Å²) in [6.45, 7) is 2.22. The first kappa shape index (κ1) is 22.4. The van der Waals surface area contributed by atoms with Gasteiger partial charge in [0.25, 0.3) is 5.91 Å². The standard InChI is InChI=1S/C24H30N2O6/c1-30-10-4-11-31-21-14-17(13-18-5-2-3-6-20(18)21)15-26(19-7-8-19)23(27)22-16-25(24(28)29)9-12-32-22/h2-3,5-6,13-14,19,22H,4,7-12,15-16H2,1H3,(H,28,29)/t22-/m1/s1. The second-order valence-corrected chi connectivity index (χ2v) is 8.30. The van der Waals surface area contributed by atoms with Gasteiger partial charge in [-0.25, -0.2) is 4.79 Å². The normalized spacial score (nSPS) is 18.5. The van der Waals surface area contributed by atoms with Crippen LogP contribution in [0.5, 0.6) is 5.75 Å². The predicted molar refractivity (Wildman–Crippen MR) is 119 cm³/mol. The SMILES string of the molecule is COCCCOc1cc(CN(C(=O)[C@H]2CN(C(=O)O)CCO2)C2CC2)cc2ccccc12. The van der Waals surface area contributed by atoms with E-state index in [0.29, 0.717) is 19.8 Å². The summed E-state index contributed by atoms with van der Waals surface area (Å²) in [6, 6.07) is 12.3. The molecule has 1 saturated carbocycles. The van der Waals surface area contributed by atoms with Gasteiger partial charge >= 0.3 is 6.09 Å². The fourth-order valence-corrected chi connectivity index (χ4v) is 4.06. The number of morpholine rings is 1. The van der Waals surface area contributed by atoms with Crippen molar-refractivity contribution >= 4 is 22.8 Å². The molecule has 2 fully saturated rings. The van der Waals surface area contributed by atoms with Crippen LogP contribution in [0.25, 0.3) is 10.8 Å². The van der Waals surface area contributed by atoms with Crippen LogP contribution in [-0.4, -0.2) is 79.1 Å². The van der Waals surface area contributed by atoms with Crippen molar-refractivity contribution in [2.24, 2.45) is 0 Å². The first-order valence-electron chi connectivity index (χ1n) is 11.1. The summed E-state index contributed by atoms with van der Waals surface area (Å²) in [7, 11) is 1.67. The van der Waals surface area contributed by atoms with E-state index in [-0.39, 0.29) is 31.6 Å². The number of methoxy groups -OCH3 is 1. The highest BCUT2D eigenvalue weighted by Crippen LogP contribution is 2.33. The molecule has 2 aliphatic rings. The summed E-state index contributed by atoms with van der Waals surface area (Å²) in [4.78, 5) is 27.7. The van der Waals surface area contributed by atoms with Gasteiger partial charge in [0.2, 0.25) is 0 Å². The maximum absolute atomic E-state index is 13.3. The van der Waals surface area contributed by atoms with Gasteiger partial charge in [0, 0.05) is 44.7 Å². The number of hydrogen-bond donors (Lipinski definition) is 1. The average Bonchev–Trinajstić information content (AvgIpc) is 3.65. The van der Waals surface area contributed by atoms with Crippen LogP contribution in [-0.2, 0) is 20.8 Å². The molecule has 1 saturated heterocycles. The molecule has 1 atom stereocenters. The lowest BCUT2D eigenvalue weighted by Gasteiger charge is -2.34. The lowest BCUT2D eigenvalue weighted by molar-refractivity contribution is -0.149. The Morgan fingerprint density at radius 1 is 1.22 bits per heavy atom. The van der Waals surface area contributed by atoms with Crippen LogP contribution in [0.1, 0.15) is 24.8 Å². The Morgan fingerprint density at radius 3 is 2.78 bits per heavy atom. The molecule has 1 aliphatic heterocycles. The van der Waals surface area contributed by atoms with Crippen LogP contribution in [0.3, 0.4) is 0 Å². The van der Waals surface area contributed by atoms with Gasteiger partial charge in [-0.05, 0) is 35.9 Å². The molecular formula is C24H30N2O6. The molecule has 8 nitrogen and oxygen atoms in total. The highest BCUT2D eigenvalue weighted by molar-refractivity contribution is 5.89. The van der Waals surface area contributed by atoms with E-state index in [1.54, 1.807) is 7.11 Å². The van der Waals surface area contributed by atoms with Crippen LogP contribution in [0.15, 0.2) is 36.4 Å². The maximum atomic E-state index is 13.3. The number of fused-ring (bicyclic) bond motifs is 1. The minimum absolute atomic E-state index is 0.0724. The first-order chi connectivity index (χ1) is 15.6. The number of nitrogens with zero attached hydrogens (tertiary/aromatic N) is 2. The van der Waals surface area contributed by atoms with Crippen LogP contribution < -0.4 is 4.74 Å². The molecule has 0 radical (unpaired) electrons. The van der Waals surface area contributed by atoms with E-state index in [0.717, 1.165) is 41.3 Å². The summed E-state index contributed by atoms with van der Waals surface area (Å²) >= 11 is 0. The molecule has 4 rings (SSSR count). The number of carbonyl (C=O) groups is 2. The topological polar surface area (TPSA) is 88.5 Å². The van der Waals surface area contributed by atoms with E-state index in [1.807, 2.05) is 35.2 Å². The molecule has 0 bridgehead atoms. The van der Waals surface area contributed by atoms with E-state index >= 15 is 0 Å². The molecule has 8 heteroatoms. The molecule has 2 aromatic carbocycles. The summed E-state index contributed by atoms with van der Waals surface area (Å²) in [5, 5.41) is 11.4. The summed E-state index contributed by atoms with van der Waals surface area (Å²) in [5.41, 5.74) is 0.983. The smallest absolute Gasteiger partial charge is 0.407 e. The zero-order valence-corrected chi connectivity index (χ0v) is 18.4. The molecule has 1 N–H and O–H groups in total. The van der Waals surface area contributed by atoms with Crippen molar-refractivity contribution in [3.8, 4) is 5.75 Å². The fourth-order valence-electron chi connectivity index (χ4n) is 4.06. The molecule has 2 aromatic rings. The van der Waals surface area contributed by atoms with Crippen molar-refractivity contribution in [1.29, 1.82) is 0 Å². The van der Waals surface area contributed by atoms with Crippen molar-refractivity contribution in [3.63, 3.8) is 0 Å². The third kappa shape index (κ3) is 5.31. The number of carboxylic acid groups (broad SMARTS) is 1. The minimum atomic E-state index is -1.02. The summed E-state index contributed by atoms with van der Waals surface area (Å²) in [5.74, 6) is 0.650. The van der Waals surface area contributed by atoms with Crippen molar-refractivity contribution < 1.29 is 28.9 Å². The molecular weight excluding hydrogens is 412 g/mol. The number of benzene rings is 2. The van der Waals surface area contributed by atoms with Gasteiger partial charge in [0.05, 0.1) is 19.8 Å². The Morgan fingerprint density at radius 2 is 2.03 bits per heavy atom. The predicted octanol–water partition coefficient (Wildman–Crippen LogP) is 3.12. The van der Waals surface area contributed by atoms with E-state index < -0.39 is 12.2 Å². The van der Waals surface area contributed by atoms with Gasteiger partial charge in [-0.2, -0.15) is 0 Å². The Kier molecular flexibility index (Phi) is 7.12. The van der Waals surface area contributed by atoms with Gasteiger partial charge in [0.1, 0.15) is 5.75 Å². The number of hydrogen-bond acceptors (Lipinski definition) is 5. The van der Waals surface area contributed by atoms with Crippen LogP contribution in [0.2, 0.25) is 0 Å². The Hall–Kier alpha value is -2.84. The number of amides is 2. The zero-order chi connectivity index (χ0) is 22.5. The largest absolute Gasteiger partial charge is 0.493 e. The quantitative estimate of drug-likeness (QED) is 0.601. The van der Waals surface area contributed by atoms with E-state index in [9.17, 15) is 14.7 Å². The second kappa shape index (κ2) is 10.2. The number of rotatable bonds is 9. The van der Waals surface area contributed by atoms with Crippen molar-refractivity contribution in [1.82, 2.24) is 9.80 Å². The third-order valence-corrected chi connectivity index (χ3v) is 5.87. The molecule has 1 aliphatic carbocycles. The van der Waals surface area contributed by atoms with E-state index in [2.05, 4.69) is 6.07 Å². The molecule has 32 heavy (non-hydrogen) atoms. The van der Waals surface area contributed by atoms with Crippen LogP contribution in [0, 0.1) is 0 Å². The van der Waals surface area contributed by atoms with Gasteiger partial charge in [-0.3, -0.25) is 4.79 Å². The first-order valence-corrected chi connectivity index (χ1v) is 11.1. The minimum Gasteiger partial charge on any atom is -0.493 e. The molecule has 1 heterocycles. The van der Waals surface area contributed by atoms with Crippen LogP contribution in [0.4, 0.5) is 4.79 Å². The Labute approximate surface area is 187 Å². The lowest BCUT2D eigenvalue weighted by atomic mass is 10.0. The summed E-state index contributed by atoms with van der Waals surface area (Å²) < 4.78 is 16.8. The molecule has 172 valence electrons. The van der Waals surface area contributed by atoms with Gasteiger partial charge in [-0.15, -0.1) is 0 Å². The van der Waals surface area contributed by atoms with Gasteiger partial charge in [-0.1, -0.05) is 24.3 Å². The second-order valence-electron chi connectivity index (χ2n) is 8.30. The zero-order valence-electron chi connectivity index (χ0n) is 18.4. The molecule has 2 amide bonds. The van der Waals surface area contributed by atoms with Gasteiger partial charge in [0.15, 0.2) is 6.10 Å². The fraction of sp³-hybridized carbons (Fsp3) is 0.500. The molecule has 0 spiro atoms. The molecule has 0 aromatic heterocycles. The van der Waals surface area contributed by atoms with Crippen molar-refractivity contribution in [2.45, 2.75) is 38.0 Å². The highest BCUT2D eigenvalue weighted by Gasteiger charge is 2.38. The van der Waals surface area contributed by atoms with Gasteiger partial charge < -0.3 is 29.1 Å². The van der Waals surface area contributed by atoms with Crippen LogP contribution >= 0.6 is 0 Å². The lowest BCUT2D eigenvalue weighted by Crippen LogP contribution is -2.52. The van der Waals surface area contributed by atoms with Crippen molar-refractivity contribution in [2.75, 3.05) is 40.0 Å².